The number of nitrogens with zero attached hydrogens (tertiary/aromatic N) is 4. The molecule has 0 bridgehead atoms. The lowest BCUT2D eigenvalue weighted by Crippen LogP contribution is -1.91. The van der Waals surface area contributed by atoms with Gasteiger partial charge in [0.05, 0.1) is 11.9 Å². The summed E-state index contributed by atoms with van der Waals surface area (Å²) in [6, 6.07) is 7.70. The van der Waals surface area contributed by atoms with Crippen molar-refractivity contribution in [1.29, 1.82) is 0 Å². The van der Waals surface area contributed by atoms with Crippen molar-refractivity contribution in [2.75, 3.05) is 0 Å². The Bertz CT molecular complexity index is 586. The molecule has 0 saturated heterocycles. The SMILES string of the molecule is c1cc(-c2ccn3nccc3n2)ccn1. The Morgan fingerprint density at radius 1 is 0.933 bits per heavy atom. The van der Waals surface area contributed by atoms with E-state index in [1.54, 1.807) is 23.1 Å². The second kappa shape index (κ2) is 3.16. The highest BCUT2D eigenvalue weighted by atomic mass is 15.2. The molecule has 0 aliphatic rings. The van der Waals surface area contributed by atoms with Gasteiger partial charge in [-0.3, -0.25) is 4.98 Å². The van der Waals surface area contributed by atoms with Gasteiger partial charge in [0.15, 0.2) is 5.65 Å². The Morgan fingerprint density at radius 2 is 1.80 bits per heavy atom. The highest BCUT2D eigenvalue weighted by molar-refractivity contribution is 5.60. The summed E-state index contributed by atoms with van der Waals surface area (Å²) in [6.07, 6.45) is 7.16. The van der Waals surface area contributed by atoms with Crippen molar-refractivity contribution in [2.24, 2.45) is 0 Å². The first kappa shape index (κ1) is 8.11. The van der Waals surface area contributed by atoms with E-state index in [-0.39, 0.29) is 0 Å². The average molecular weight is 196 g/mol. The van der Waals surface area contributed by atoms with Crippen LogP contribution in [0.1, 0.15) is 0 Å². The molecule has 4 heteroatoms. The minimum Gasteiger partial charge on any atom is -0.265 e. The molecule has 0 unspecified atom stereocenters. The van der Waals surface area contributed by atoms with Crippen molar-refractivity contribution in [3.63, 3.8) is 0 Å². The quantitative estimate of drug-likeness (QED) is 0.596. The minimum absolute atomic E-state index is 0.851. The molecule has 72 valence electrons. The van der Waals surface area contributed by atoms with Crippen molar-refractivity contribution in [2.45, 2.75) is 0 Å². The first-order chi connectivity index (χ1) is 7.43. The lowest BCUT2D eigenvalue weighted by molar-refractivity contribution is 0.941. The van der Waals surface area contributed by atoms with Crippen LogP contribution in [0.4, 0.5) is 0 Å². The largest absolute Gasteiger partial charge is 0.265 e. The van der Waals surface area contributed by atoms with Gasteiger partial charge in [-0.1, -0.05) is 0 Å². The number of pyridine rings is 1. The first-order valence-corrected chi connectivity index (χ1v) is 4.64. The molecule has 0 atom stereocenters. The second-order valence-corrected chi connectivity index (χ2v) is 3.18. The molecule has 0 aliphatic carbocycles. The fraction of sp³-hybridized carbons (Fsp3) is 0. The molecule has 0 aliphatic heterocycles. The number of hydrogen-bond donors (Lipinski definition) is 0. The molecule has 0 N–H and O–H groups in total. The van der Waals surface area contributed by atoms with Crippen molar-refractivity contribution in [3.05, 3.63) is 49.1 Å². The van der Waals surface area contributed by atoms with Crippen LogP contribution in [0.25, 0.3) is 16.9 Å². The van der Waals surface area contributed by atoms with Crippen molar-refractivity contribution in [3.8, 4) is 11.3 Å². The maximum Gasteiger partial charge on any atom is 0.155 e. The highest BCUT2D eigenvalue weighted by Crippen LogP contribution is 2.15. The topological polar surface area (TPSA) is 43.1 Å². The van der Waals surface area contributed by atoms with E-state index < -0.39 is 0 Å². The first-order valence-electron chi connectivity index (χ1n) is 4.64. The zero-order valence-corrected chi connectivity index (χ0v) is 7.91. The molecular weight excluding hydrogens is 188 g/mol. The van der Waals surface area contributed by atoms with Crippen LogP contribution in [0, 0.1) is 0 Å². The smallest absolute Gasteiger partial charge is 0.155 e. The van der Waals surface area contributed by atoms with Crippen LogP contribution < -0.4 is 0 Å². The van der Waals surface area contributed by atoms with Crippen molar-refractivity contribution < 1.29 is 0 Å². The normalized spacial score (nSPS) is 10.7. The fourth-order valence-electron chi connectivity index (χ4n) is 1.50. The predicted molar refractivity (Wildman–Crippen MR) is 56.2 cm³/mol. The van der Waals surface area contributed by atoms with Gasteiger partial charge >= 0.3 is 0 Å². The van der Waals surface area contributed by atoms with Gasteiger partial charge in [-0.05, 0) is 18.2 Å². The second-order valence-electron chi connectivity index (χ2n) is 3.18. The molecule has 3 aromatic heterocycles. The van der Waals surface area contributed by atoms with E-state index in [9.17, 15) is 0 Å². The number of fused-ring (bicyclic) bond motifs is 1. The maximum absolute atomic E-state index is 4.48. The Balaban J connectivity index is 2.19. The third-order valence-corrected chi connectivity index (χ3v) is 2.23. The summed E-state index contributed by atoms with van der Waals surface area (Å²) in [6.45, 7) is 0. The third kappa shape index (κ3) is 1.36. The van der Waals surface area contributed by atoms with Crippen LogP contribution in [0.3, 0.4) is 0 Å². The Morgan fingerprint density at radius 3 is 2.67 bits per heavy atom. The molecule has 15 heavy (non-hydrogen) atoms. The van der Waals surface area contributed by atoms with Gasteiger partial charge in [0.25, 0.3) is 0 Å². The van der Waals surface area contributed by atoms with Gasteiger partial charge in [-0.15, -0.1) is 0 Å². The summed E-state index contributed by atoms with van der Waals surface area (Å²) in [5.74, 6) is 0. The van der Waals surface area contributed by atoms with Crippen LogP contribution in [0.2, 0.25) is 0 Å². The standard InChI is InChI=1S/C11H8N4/c1-5-12-6-2-9(1)10-4-8-15-11(14-10)3-7-13-15/h1-8H. The lowest BCUT2D eigenvalue weighted by Gasteiger charge is -2.00. The summed E-state index contributed by atoms with van der Waals surface area (Å²) in [4.78, 5) is 8.46. The Labute approximate surface area is 86.2 Å². The molecule has 0 radical (unpaired) electrons. The summed E-state index contributed by atoms with van der Waals surface area (Å²) < 4.78 is 1.74. The van der Waals surface area contributed by atoms with E-state index in [0.29, 0.717) is 0 Å². The molecule has 3 rings (SSSR count). The van der Waals surface area contributed by atoms with Crippen molar-refractivity contribution in [1.82, 2.24) is 19.6 Å². The van der Waals surface area contributed by atoms with Crippen molar-refractivity contribution >= 4 is 5.65 Å². The summed E-state index contributed by atoms with van der Waals surface area (Å²) in [5.41, 5.74) is 2.85. The predicted octanol–water partition coefficient (Wildman–Crippen LogP) is 1.79. The number of hydrogen-bond acceptors (Lipinski definition) is 3. The third-order valence-electron chi connectivity index (χ3n) is 2.23. The maximum atomic E-state index is 4.48. The van der Waals surface area contributed by atoms with E-state index in [4.69, 9.17) is 0 Å². The van der Waals surface area contributed by atoms with Gasteiger partial charge in [-0.25, -0.2) is 9.50 Å². The van der Waals surface area contributed by atoms with Gasteiger partial charge in [0.1, 0.15) is 0 Å². The van der Waals surface area contributed by atoms with Gasteiger partial charge in [0.2, 0.25) is 0 Å². The van der Waals surface area contributed by atoms with Crippen LogP contribution in [0.5, 0.6) is 0 Å². The van der Waals surface area contributed by atoms with Gasteiger partial charge in [-0.2, -0.15) is 5.10 Å². The molecular formula is C11H8N4. The lowest BCUT2D eigenvalue weighted by atomic mass is 10.2. The highest BCUT2D eigenvalue weighted by Gasteiger charge is 2.00. The summed E-state index contributed by atoms with van der Waals surface area (Å²) in [5, 5.41) is 4.10. The summed E-state index contributed by atoms with van der Waals surface area (Å²) >= 11 is 0. The zero-order valence-electron chi connectivity index (χ0n) is 7.91. The average Bonchev–Trinajstić information content (AvgIpc) is 2.77. The molecule has 3 aromatic rings. The molecule has 0 aromatic carbocycles. The van der Waals surface area contributed by atoms with E-state index >= 15 is 0 Å². The van der Waals surface area contributed by atoms with E-state index in [2.05, 4.69) is 15.1 Å². The van der Waals surface area contributed by atoms with E-state index in [1.165, 1.54) is 0 Å². The van der Waals surface area contributed by atoms with Crippen LogP contribution in [-0.4, -0.2) is 19.6 Å². The Kier molecular flexibility index (Phi) is 1.71. The summed E-state index contributed by atoms with van der Waals surface area (Å²) in [7, 11) is 0. The van der Waals surface area contributed by atoms with E-state index in [0.717, 1.165) is 16.9 Å². The number of aromatic nitrogens is 4. The molecule has 0 spiro atoms. The van der Waals surface area contributed by atoms with Crippen LogP contribution in [-0.2, 0) is 0 Å². The van der Waals surface area contributed by atoms with Gasteiger partial charge in [0, 0.05) is 30.2 Å². The van der Waals surface area contributed by atoms with Gasteiger partial charge < -0.3 is 0 Å². The molecule has 3 heterocycles. The molecule has 0 fully saturated rings. The minimum atomic E-state index is 0.851. The van der Waals surface area contributed by atoms with Crippen LogP contribution in [0.15, 0.2) is 49.1 Å². The zero-order chi connectivity index (χ0) is 10.1. The molecule has 0 amide bonds. The Hall–Kier alpha value is -2.23. The number of rotatable bonds is 1. The monoisotopic (exact) mass is 196 g/mol. The fourth-order valence-corrected chi connectivity index (χ4v) is 1.50. The van der Waals surface area contributed by atoms with E-state index in [1.807, 2.05) is 30.5 Å². The molecule has 0 saturated carbocycles. The molecule has 4 nitrogen and oxygen atoms in total. The van der Waals surface area contributed by atoms with Crippen LogP contribution >= 0.6 is 0 Å².